The largest absolute Gasteiger partial charge is 0.326 e. The van der Waals surface area contributed by atoms with Gasteiger partial charge in [-0.05, 0) is 37.1 Å². The molecule has 2 amide bonds. The summed E-state index contributed by atoms with van der Waals surface area (Å²) in [6, 6.07) is 14.4. The lowest BCUT2D eigenvalue weighted by Crippen LogP contribution is -2.45. The highest BCUT2D eigenvalue weighted by atomic mass is 16.2. The summed E-state index contributed by atoms with van der Waals surface area (Å²) >= 11 is 0. The fourth-order valence-electron chi connectivity index (χ4n) is 3.21. The summed E-state index contributed by atoms with van der Waals surface area (Å²) in [5, 5.41) is 0. The lowest BCUT2D eigenvalue weighted by Gasteiger charge is -2.35. The van der Waals surface area contributed by atoms with Gasteiger partial charge in [-0.3, -0.25) is 4.90 Å². The molecule has 0 N–H and O–H groups in total. The molecule has 2 aromatic rings. The number of aromatic nitrogens is 1. The van der Waals surface area contributed by atoms with E-state index in [1.165, 1.54) is 0 Å². The first kappa shape index (κ1) is 13.8. The van der Waals surface area contributed by atoms with E-state index in [0.29, 0.717) is 6.04 Å². The average molecular weight is 303 g/mol. The second-order valence-electron chi connectivity index (χ2n) is 6.00. The molecule has 0 spiro atoms. The standard InChI is InChI=1S/C19H17N3O/c1-21-16-10-11-17(16)22(19(21)23)18-12-9-15(13-20-18)8-7-14-5-3-2-4-6-14/h2-6,9,12-13,16-17H,10-11H2,1H3. The van der Waals surface area contributed by atoms with E-state index in [2.05, 4.69) is 16.8 Å². The minimum absolute atomic E-state index is 0.0492. The number of anilines is 1. The fraction of sp³-hybridized carbons (Fsp3) is 0.263. The Morgan fingerprint density at radius 1 is 1.00 bits per heavy atom. The van der Waals surface area contributed by atoms with E-state index in [1.807, 2.05) is 59.3 Å². The Kier molecular flexibility index (Phi) is 3.27. The molecular weight excluding hydrogens is 286 g/mol. The number of carbonyl (C=O) groups excluding carboxylic acids is 1. The second-order valence-corrected chi connectivity index (χ2v) is 6.00. The van der Waals surface area contributed by atoms with E-state index in [9.17, 15) is 4.79 Å². The first-order valence-electron chi connectivity index (χ1n) is 7.83. The molecule has 114 valence electrons. The van der Waals surface area contributed by atoms with Crippen LogP contribution in [0.2, 0.25) is 0 Å². The predicted octanol–water partition coefficient (Wildman–Crippen LogP) is 2.88. The number of hydrogen-bond acceptors (Lipinski definition) is 2. The topological polar surface area (TPSA) is 36.4 Å². The van der Waals surface area contributed by atoms with E-state index in [-0.39, 0.29) is 12.1 Å². The minimum atomic E-state index is 0.0492. The van der Waals surface area contributed by atoms with Gasteiger partial charge in [-0.25, -0.2) is 9.78 Å². The number of amides is 2. The van der Waals surface area contributed by atoms with E-state index in [0.717, 1.165) is 29.8 Å². The summed E-state index contributed by atoms with van der Waals surface area (Å²) in [7, 11) is 1.87. The maximum atomic E-state index is 12.3. The maximum Gasteiger partial charge on any atom is 0.326 e. The molecule has 1 saturated carbocycles. The van der Waals surface area contributed by atoms with E-state index < -0.39 is 0 Å². The van der Waals surface area contributed by atoms with Gasteiger partial charge in [0.15, 0.2) is 0 Å². The van der Waals surface area contributed by atoms with Gasteiger partial charge in [-0.2, -0.15) is 0 Å². The molecule has 2 fully saturated rings. The quantitative estimate of drug-likeness (QED) is 0.760. The van der Waals surface area contributed by atoms with Crippen LogP contribution in [-0.4, -0.2) is 35.0 Å². The number of rotatable bonds is 1. The fourth-order valence-corrected chi connectivity index (χ4v) is 3.21. The van der Waals surface area contributed by atoms with Gasteiger partial charge in [-0.1, -0.05) is 30.0 Å². The zero-order valence-electron chi connectivity index (χ0n) is 12.9. The Morgan fingerprint density at radius 3 is 2.35 bits per heavy atom. The van der Waals surface area contributed by atoms with Crippen molar-refractivity contribution in [2.24, 2.45) is 0 Å². The Balaban J connectivity index is 1.55. The first-order valence-corrected chi connectivity index (χ1v) is 7.83. The Labute approximate surface area is 135 Å². The molecule has 2 heterocycles. The number of fused-ring (bicyclic) bond motifs is 1. The molecule has 4 rings (SSSR count). The summed E-state index contributed by atoms with van der Waals surface area (Å²) in [5.41, 5.74) is 1.83. The van der Waals surface area contributed by atoms with E-state index in [1.54, 1.807) is 6.20 Å². The van der Waals surface area contributed by atoms with Crippen molar-refractivity contribution >= 4 is 11.8 Å². The Hall–Kier alpha value is -2.80. The summed E-state index contributed by atoms with van der Waals surface area (Å²) in [4.78, 5) is 20.5. The Morgan fingerprint density at radius 2 is 1.74 bits per heavy atom. The SMILES string of the molecule is CN1C(=O)N(c2ccc(C#Cc3ccccc3)cn2)C2CCC21. The normalized spacial score (nSPS) is 22.2. The van der Waals surface area contributed by atoms with Crippen LogP contribution in [-0.2, 0) is 0 Å². The van der Waals surface area contributed by atoms with Gasteiger partial charge in [0, 0.05) is 24.4 Å². The first-order chi connectivity index (χ1) is 11.2. The highest BCUT2D eigenvalue weighted by molar-refractivity contribution is 5.95. The Bertz CT molecular complexity index is 789. The van der Waals surface area contributed by atoms with Crippen LogP contribution in [0.25, 0.3) is 0 Å². The molecular formula is C19H17N3O. The van der Waals surface area contributed by atoms with Gasteiger partial charge >= 0.3 is 6.03 Å². The molecule has 1 aromatic heterocycles. The van der Waals surface area contributed by atoms with Crippen LogP contribution in [0.4, 0.5) is 10.6 Å². The zero-order chi connectivity index (χ0) is 15.8. The highest BCUT2D eigenvalue weighted by Crippen LogP contribution is 2.38. The van der Waals surface area contributed by atoms with Crippen molar-refractivity contribution in [1.82, 2.24) is 9.88 Å². The van der Waals surface area contributed by atoms with Gasteiger partial charge in [-0.15, -0.1) is 0 Å². The van der Waals surface area contributed by atoms with Crippen molar-refractivity contribution in [3.8, 4) is 11.8 Å². The summed E-state index contributed by atoms with van der Waals surface area (Å²) in [5.74, 6) is 6.94. The third-order valence-electron chi connectivity index (χ3n) is 4.66. The second kappa shape index (κ2) is 5.44. The molecule has 2 atom stereocenters. The number of nitrogens with zero attached hydrogens (tertiary/aromatic N) is 3. The number of hydrogen-bond donors (Lipinski definition) is 0. The molecule has 0 radical (unpaired) electrons. The molecule has 1 aliphatic heterocycles. The maximum absolute atomic E-state index is 12.3. The summed E-state index contributed by atoms with van der Waals surface area (Å²) in [6.07, 6.45) is 3.88. The molecule has 23 heavy (non-hydrogen) atoms. The van der Waals surface area contributed by atoms with Crippen molar-refractivity contribution in [2.45, 2.75) is 24.9 Å². The molecule has 1 saturated heterocycles. The molecule has 0 bridgehead atoms. The lowest BCUT2D eigenvalue weighted by molar-refractivity contribution is 0.196. The van der Waals surface area contributed by atoms with Crippen LogP contribution in [0.5, 0.6) is 0 Å². The monoisotopic (exact) mass is 303 g/mol. The molecule has 1 aliphatic carbocycles. The van der Waals surface area contributed by atoms with Crippen molar-refractivity contribution in [1.29, 1.82) is 0 Å². The molecule has 2 aliphatic rings. The van der Waals surface area contributed by atoms with Crippen molar-refractivity contribution in [3.63, 3.8) is 0 Å². The van der Waals surface area contributed by atoms with Crippen LogP contribution < -0.4 is 4.90 Å². The molecule has 2 unspecified atom stereocenters. The van der Waals surface area contributed by atoms with Crippen LogP contribution in [0, 0.1) is 11.8 Å². The van der Waals surface area contributed by atoms with Crippen LogP contribution in [0.3, 0.4) is 0 Å². The average Bonchev–Trinajstić information content (AvgIpc) is 2.73. The van der Waals surface area contributed by atoms with Crippen LogP contribution in [0.15, 0.2) is 48.7 Å². The third kappa shape index (κ3) is 2.35. The van der Waals surface area contributed by atoms with Gasteiger partial charge in [0.2, 0.25) is 0 Å². The lowest BCUT2D eigenvalue weighted by atomic mass is 9.86. The minimum Gasteiger partial charge on any atom is -0.322 e. The third-order valence-corrected chi connectivity index (χ3v) is 4.66. The number of urea groups is 1. The van der Waals surface area contributed by atoms with Crippen LogP contribution >= 0.6 is 0 Å². The van der Waals surface area contributed by atoms with Gasteiger partial charge in [0.1, 0.15) is 5.82 Å². The summed E-state index contributed by atoms with van der Waals surface area (Å²) in [6.45, 7) is 0. The smallest absolute Gasteiger partial charge is 0.322 e. The number of carbonyl (C=O) groups is 1. The molecule has 4 heteroatoms. The number of likely N-dealkylation sites (N-methyl/N-ethyl adjacent to an activating group) is 1. The van der Waals surface area contributed by atoms with Gasteiger partial charge in [0.05, 0.1) is 12.1 Å². The predicted molar refractivity (Wildman–Crippen MR) is 89.1 cm³/mol. The van der Waals surface area contributed by atoms with E-state index in [4.69, 9.17) is 0 Å². The number of benzene rings is 1. The van der Waals surface area contributed by atoms with Crippen molar-refractivity contribution in [3.05, 3.63) is 59.8 Å². The zero-order valence-corrected chi connectivity index (χ0v) is 12.9. The highest BCUT2D eigenvalue weighted by Gasteiger charge is 2.50. The summed E-state index contributed by atoms with van der Waals surface area (Å²) < 4.78 is 0. The van der Waals surface area contributed by atoms with E-state index >= 15 is 0 Å². The molecule has 4 nitrogen and oxygen atoms in total. The van der Waals surface area contributed by atoms with Crippen molar-refractivity contribution < 1.29 is 4.79 Å². The van der Waals surface area contributed by atoms with Gasteiger partial charge < -0.3 is 4.90 Å². The molecule has 1 aromatic carbocycles. The van der Waals surface area contributed by atoms with Crippen LogP contribution in [0.1, 0.15) is 24.0 Å². The number of pyridine rings is 1. The van der Waals surface area contributed by atoms with Gasteiger partial charge in [0.25, 0.3) is 0 Å². The van der Waals surface area contributed by atoms with Crippen molar-refractivity contribution in [2.75, 3.05) is 11.9 Å².